The van der Waals surface area contributed by atoms with Gasteiger partial charge in [-0.1, -0.05) is 23.4 Å². The lowest BCUT2D eigenvalue weighted by molar-refractivity contribution is 0.241. The van der Waals surface area contributed by atoms with Gasteiger partial charge >= 0.3 is 0 Å². The Labute approximate surface area is 152 Å². The van der Waals surface area contributed by atoms with Crippen LogP contribution in [0.25, 0.3) is 5.65 Å². The van der Waals surface area contributed by atoms with Crippen molar-refractivity contribution in [3.05, 3.63) is 35.9 Å². The van der Waals surface area contributed by atoms with Crippen LogP contribution in [0.2, 0.25) is 5.02 Å². The number of anilines is 2. The van der Waals surface area contributed by atoms with E-state index in [4.69, 9.17) is 17.3 Å². The maximum absolute atomic E-state index is 9.74. The molecule has 0 aromatic carbocycles. The predicted molar refractivity (Wildman–Crippen MR) is 96.0 cm³/mol. The summed E-state index contributed by atoms with van der Waals surface area (Å²) in [6.07, 6.45) is 6.98. The summed E-state index contributed by atoms with van der Waals surface area (Å²) in [5.74, 6) is 1.93. The fourth-order valence-electron chi connectivity index (χ4n) is 3.49. The monoisotopic (exact) mass is 374 g/mol. The number of piperidine rings is 1. The van der Waals surface area contributed by atoms with Gasteiger partial charge in [0.05, 0.1) is 16.0 Å². The van der Waals surface area contributed by atoms with Gasteiger partial charge in [0.15, 0.2) is 5.65 Å². The topological polar surface area (TPSA) is 92.6 Å². The zero-order valence-corrected chi connectivity index (χ0v) is 14.7. The van der Waals surface area contributed by atoms with Crippen LogP contribution < -0.4 is 10.6 Å². The fraction of sp³-hybridized carbons (Fsp3) is 0.312. The van der Waals surface area contributed by atoms with Gasteiger partial charge < -0.3 is 15.7 Å². The Morgan fingerprint density at radius 3 is 2.76 bits per heavy atom. The van der Waals surface area contributed by atoms with Gasteiger partial charge in [-0.25, -0.2) is 15.0 Å². The smallest absolute Gasteiger partial charge is 0.211 e. The molecule has 0 amide bonds. The van der Waals surface area contributed by atoms with Crippen molar-refractivity contribution in [2.45, 2.75) is 15.9 Å². The highest BCUT2D eigenvalue weighted by Gasteiger charge is 2.55. The summed E-state index contributed by atoms with van der Waals surface area (Å²) in [6, 6.07) is 1.83. The van der Waals surface area contributed by atoms with Gasteiger partial charge in [0.25, 0.3) is 0 Å². The third-order valence-electron chi connectivity index (χ3n) is 4.91. The summed E-state index contributed by atoms with van der Waals surface area (Å²) in [5.41, 5.74) is 6.60. The van der Waals surface area contributed by atoms with Crippen molar-refractivity contribution in [3.8, 4) is 0 Å². The Hall–Kier alpha value is -2.03. The molecule has 3 aromatic rings. The molecule has 1 aliphatic heterocycles. The molecular weight excluding hydrogens is 360 g/mol. The number of halogens is 1. The number of rotatable bonds is 3. The summed E-state index contributed by atoms with van der Waals surface area (Å²) < 4.78 is 1.98. The first-order valence-electron chi connectivity index (χ1n) is 7.96. The van der Waals surface area contributed by atoms with Crippen LogP contribution in [0.4, 0.5) is 11.8 Å². The first-order chi connectivity index (χ1) is 12.1. The van der Waals surface area contributed by atoms with Gasteiger partial charge in [0.2, 0.25) is 5.95 Å². The van der Waals surface area contributed by atoms with Gasteiger partial charge in [-0.15, -0.1) is 0 Å². The van der Waals surface area contributed by atoms with E-state index in [1.165, 1.54) is 11.8 Å². The number of aliphatic hydroxyl groups excluding tert-OH is 1. The second-order valence-electron chi connectivity index (χ2n) is 6.38. The lowest BCUT2D eigenvalue weighted by atomic mass is 10.4. The standard InChI is InChI=1S/C16H15ClN6OS/c17-12-10(1-2-19-14(12)18)25-11-5-21-16(23-4-3-20-15(11)23)22-6-8-9(7-22)13(8)24/h1-5,8-9,13,24H,6-7H2,(H2,18,19)/t8-,9+,13?. The highest BCUT2D eigenvalue weighted by atomic mass is 35.5. The molecule has 0 bridgehead atoms. The second-order valence-corrected chi connectivity index (χ2v) is 7.84. The molecule has 7 nitrogen and oxygen atoms in total. The van der Waals surface area contributed by atoms with Crippen molar-refractivity contribution >= 4 is 40.8 Å². The summed E-state index contributed by atoms with van der Waals surface area (Å²) in [5, 5.41) is 10.2. The minimum absolute atomic E-state index is 0.136. The second kappa shape index (κ2) is 5.48. The van der Waals surface area contributed by atoms with Crippen molar-refractivity contribution in [1.29, 1.82) is 0 Å². The molecule has 128 valence electrons. The Morgan fingerprint density at radius 1 is 1.16 bits per heavy atom. The Bertz CT molecular complexity index is 966. The molecule has 9 heteroatoms. The van der Waals surface area contributed by atoms with E-state index in [-0.39, 0.29) is 6.10 Å². The fourth-order valence-corrected chi connectivity index (χ4v) is 4.62. The van der Waals surface area contributed by atoms with Crippen molar-refractivity contribution in [2.75, 3.05) is 23.7 Å². The van der Waals surface area contributed by atoms with E-state index in [1.54, 1.807) is 12.4 Å². The van der Waals surface area contributed by atoms with E-state index in [0.717, 1.165) is 34.5 Å². The predicted octanol–water partition coefficient (Wildman–Crippen LogP) is 1.94. The van der Waals surface area contributed by atoms with E-state index in [1.807, 2.05) is 22.9 Å². The number of nitrogens with two attached hydrogens (primary N) is 1. The Morgan fingerprint density at radius 2 is 1.96 bits per heavy atom. The molecule has 1 unspecified atom stereocenters. The van der Waals surface area contributed by atoms with Crippen LogP contribution in [0.5, 0.6) is 0 Å². The van der Waals surface area contributed by atoms with Gasteiger partial charge in [-0.05, 0) is 6.07 Å². The lowest BCUT2D eigenvalue weighted by Gasteiger charge is -2.21. The highest BCUT2D eigenvalue weighted by molar-refractivity contribution is 7.99. The Kier molecular flexibility index (Phi) is 3.34. The molecule has 3 atom stereocenters. The largest absolute Gasteiger partial charge is 0.392 e. The maximum atomic E-state index is 9.74. The molecule has 3 N–H and O–H groups in total. The van der Waals surface area contributed by atoms with Gasteiger partial charge in [-0.2, -0.15) is 0 Å². The van der Waals surface area contributed by atoms with E-state index in [2.05, 4.69) is 19.9 Å². The molecule has 1 saturated carbocycles. The zero-order valence-electron chi connectivity index (χ0n) is 13.1. The number of nitrogens with zero attached hydrogens (tertiary/aromatic N) is 5. The van der Waals surface area contributed by atoms with Crippen LogP contribution in [0.15, 0.2) is 40.6 Å². The molecule has 5 rings (SSSR count). The average molecular weight is 375 g/mol. The zero-order chi connectivity index (χ0) is 17.1. The number of hydrogen-bond donors (Lipinski definition) is 2. The summed E-state index contributed by atoms with van der Waals surface area (Å²) in [7, 11) is 0. The third-order valence-corrected chi connectivity index (χ3v) is 6.48. The summed E-state index contributed by atoms with van der Waals surface area (Å²) in [6.45, 7) is 1.68. The van der Waals surface area contributed by atoms with E-state index in [0.29, 0.717) is 22.7 Å². The maximum Gasteiger partial charge on any atom is 0.211 e. The van der Waals surface area contributed by atoms with E-state index < -0.39 is 0 Å². The average Bonchev–Trinajstić information content (AvgIpc) is 3.06. The SMILES string of the molecule is Nc1nccc(Sc2cnc(N3C[C@@H]4C(O)[C@@H]4C3)n3ccnc23)c1Cl. The van der Waals surface area contributed by atoms with Crippen molar-refractivity contribution < 1.29 is 5.11 Å². The molecule has 4 heterocycles. The first-order valence-corrected chi connectivity index (χ1v) is 9.16. The van der Waals surface area contributed by atoms with Crippen LogP contribution in [0.3, 0.4) is 0 Å². The Balaban J connectivity index is 1.50. The number of aromatic nitrogens is 4. The van der Waals surface area contributed by atoms with Gasteiger partial charge in [0.1, 0.15) is 5.82 Å². The van der Waals surface area contributed by atoms with Crippen molar-refractivity contribution in [1.82, 2.24) is 19.4 Å². The third kappa shape index (κ3) is 2.36. The number of fused-ring (bicyclic) bond motifs is 2. The molecule has 0 radical (unpaired) electrons. The molecule has 3 aromatic heterocycles. The quantitative estimate of drug-likeness (QED) is 0.723. The van der Waals surface area contributed by atoms with Crippen LogP contribution >= 0.6 is 23.4 Å². The number of imidazole rings is 1. The van der Waals surface area contributed by atoms with Gasteiger partial charge in [-0.3, -0.25) is 4.40 Å². The number of aliphatic hydroxyl groups is 1. The normalized spacial score (nSPS) is 24.7. The van der Waals surface area contributed by atoms with E-state index >= 15 is 0 Å². The first kappa shape index (κ1) is 15.2. The summed E-state index contributed by atoms with van der Waals surface area (Å²) >= 11 is 7.72. The molecule has 2 fully saturated rings. The minimum Gasteiger partial charge on any atom is -0.392 e. The highest BCUT2D eigenvalue weighted by Crippen LogP contribution is 2.46. The molecule has 0 spiro atoms. The van der Waals surface area contributed by atoms with Crippen LogP contribution in [-0.4, -0.2) is 43.7 Å². The van der Waals surface area contributed by atoms with Crippen LogP contribution in [0, 0.1) is 11.8 Å². The van der Waals surface area contributed by atoms with Crippen molar-refractivity contribution in [3.63, 3.8) is 0 Å². The molecule has 1 aliphatic carbocycles. The number of hydrogen-bond acceptors (Lipinski definition) is 7. The summed E-state index contributed by atoms with van der Waals surface area (Å²) in [4.78, 5) is 17.0. The number of nitrogen functional groups attached to an aromatic ring is 1. The molecule has 2 aliphatic rings. The van der Waals surface area contributed by atoms with Crippen LogP contribution in [0.1, 0.15) is 0 Å². The van der Waals surface area contributed by atoms with Gasteiger partial charge in [0, 0.05) is 54.6 Å². The molecule has 25 heavy (non-hydrogen) atoms. The van der Waals surface area contributed by atoms with Crippen LogP contribution in [-0.2, 0) is 0 Å². The minimum atomic E-state index is -0.136. The van der Waals surface area contributed by atoms with Crippen molar-refractivity contribution in [2.24, 2.45) is 11.8 Å². The number of pyridine rings is 1. The molecule has 1 saturated heterocycles. The molecular formula is C16H15ClN6OS. The lowest BCUT2D eigenvalue weighted by Crippen LogP contribution is -2.28. The van der Waals surface area contributed by atoms with E-state index in [9.17, 15) is 5.11 Å².